The third-order valence-corrected chi connectivity index (χ3v) is 7.18. The van der Waals surface area contributed by atoms with Crippen LogP contribution >= 0.6 is 11.8 Å². The van der Waals surface area contributed by atoms with Gasteiger partial charge >= 0.3 is 0 Å². The molecule has 1 atom stereocenters. The van der Waals surface area contributed by atoms with Crippen molar-refractivity contribution in [3.8, 4) is 17.2 Å². The summed E-state index contributed by atoms with van der Waals surface area (Å²) in [4.78, 5) is 15.4. The second kappa shape index (κ2) is 10.1. The summed E-state index contributed by atoms with van der Waals surface area (Å²) in [6, 6.07) is 11.6. The van der Waals surface area contributed by atoms with Crippen molar-refractivity contribution in [2.45, 2.75) is 37.4 Å². The number of aromatic nitrogens is 3. The molecule has 1 saturated heterocycles. The summed E-state index contributed by atoms with van der Waals surface area (Å²) in [5.41, 5.74) is 1.34. The number of ketones is 1. The molecule has 7 nitrogen and oxygen atoms in total. The largest absolute Gasteiger partial charge is 0.486 e. The molecule has 0 amide bonds. The minimum absolute atomic E-state index is 0.0405. The van der Waals surface area contributed by atoms with Gasteiger partial charge in [0.1, 0.15) is 19.0 Å². The Bertz CT molecular complexity index is 1160. The Balaban J connectivity index is 1.39. The maximum absolute atomic E-state index is 13.6. The molecular formula is C25H27FN4O3S. The van der Waals surface area contributed by atoms with Crippen LogP contribution in [0.5, 0.6) is 11.5 Å². The summed E-state index contributed by atoms with van der Waals surface area (Å²) < 4.78 is 26.7. The number of thioether (sulfide) groups is 1. The number of hydrogen-bond acceptors (Lipinski definition) is 7. The first-order valence-corrected chi connectivity index (χ1v) is 12.6. The number of ether oxygens (including phenoxy) is 2. The molecule has 3 heterocycles. The van der Waals surface area contributed by atoms with Crippen LogP contribution < -0.4 is 9.47 Å². The number of piperidine rings is 1. The molecule has 3 aromatic rings. The molecule has 5 rings (SSSR count). The smallest absolute Gasteiger partial charge is 0.196 e. The zero-order valence-corrected chi connectivity index (χ0v) is 19.9. The SMILES string of the molecule is C[C@@H](c1nnc(SCC(=O)c2ccc3c(c2)OCCO3)n1-c1ccc(F)cc1)N1CCCCC1. The van der Waals surface area contributed by atoms with Gasteiger partial charge in [-0.15, -0.1) is 10.2 Å². The number of rotatable bonds is 7. The van der Waals surface area contributed by atoms with E-state index in [4.69, 9.17) is 9.47 Å². The summed E-state index contributed by atoms with van der Waals surface area (Å²) in [6.45, 7) is 5.14. The van der Waals surface area contributed by atoms with Crippen molar-refractivity contribution >= 4 is 17.5 Å². The van der Waals surface area contributed by atoms with Gasteiger partial charge in [-0.2, -0.15) is 0 Å². The number of hydrogen-bond donors (Lipinski definition) is 0. The van der Waals surface area contributed by atoms with Crippen molar-refractivity contribution < 1.29 is 18.7 Å². The molecule has 1 fully saturated rings. The fraction of sp³-hybridized carbons (Fsp3) is 0.400. The van der Waals surface area contributed by atoms with Crippen LogP contribution in [0.4, 0.5) is 4.39 Å². The fourth-order valence-corrected chi connectivity index (χ4v) is 5.23. The molecule has 0 radical (unpaired) electrons. The second-order valence-corrected chi connectivity index (χ2v) is 9.44. The minimum Gasteiger partial charge on any atom is -0.486 e. The zero-order valence-electron chi connectivity index (χ0n) is 19.1. The molecule has 178 valence electrons. The Kier molecular flexibility index (Phi) is 6.82. The Morgan fingerprint density at radius 1 is 1.03 bits per heavy atom. The van der Waals surface area contributed by atoms with Crippen LogP contribution in [0.1, 0.15) is 48.4 Å². The maximum atomic E-state index is 13.6. The van der Waals surface area contributed by atoms with Gasteiger partial charge in [0, 0.05) is 11.3 Å². The molecule has 0 aliphatic carbocycles. The van der Waals surface area contributed by atoms with E-state index in [0.29, 0.717) is 35.4 Å². The average Bonchev–Trinajstić information content (AvgIpc) is 3.31. The summed E-state index contributed by atoms with van der Waals surface area (Å²) in [7, 11) is 0. The first kappa shape index (κ1) is 22.9. The normalized spacial score (nSPS) is 16.9. The van der Waals surface area contributed by atoms with Gasteiger partial charge in [-0.25, -0.2) is 4.39 Å². The van der Waals surface area contributed by atoms with Gasteiger partial charge < -0.3 is 9.47 Å². The number of benzene rings is 2. The Morgan fingerprint density at radius 2 is 1.76 bits per heavy atom. The van der Waals surface area contributed by atoms with Crippen molar-refractivity contribution in [3.05, 3.63) is 59.7 Å². The molecule has 1 aromatic heterocycles. The van der Waals surface area contributed by atoms with Gasteiger partial charge in [0.25, 0.3) is 0 Å². The molecular weight excluding hydrogens is 455 g/mol. The lowest BCUT2D eigenvalue weighted by Crippen LogP contribution is -2.33. The molecule has 34 heavy (non-hydrogen) atoms. The van der Waals surface area contributed by atoms with Crippen LogP contribution in [0.15, 0.2) is 47.6 Å². The zero-order chi connectivity index (χ0) is 23.5. The van der Waals surface area contributed by atoms with Gasteiger partial charge in [0.05, 0.1) is 11.8 Å². The molecule has 2 aliphatic rings. The summed E-state index contributed by atoms with van der Waals surface area (Å²) >= 11 is 1.33. The minimum atomic E-state index is -0.301. The standard InChI is InChI=1S/C25H27FN4O3S/c1-17(29-11-3-2-4-12-29)24-27-28-25(30(24)20-8-6-19(26)7-9-20)34-16-21(31)18-5-10-22-23(15-18)33-14-13-32-22/h5-10,15,17H,2-4,11-14,16H2,1H3/t17-/m0/s1. The van der Waals surface area contributed by atoms with E-state index < -0.39 is 0 Å². The third kappa shape index (κ3) is 4.81. The molecule has 2 aromatic carbocycles. The highest BCUT2D eigenvalue weighted by Crippen LogP contribution is 2.33. The summed E-state index contributed by atoms with van der Waals surface area (Å²) in [5.74, 6) is 1.89. The van der Waals surface area contributed by atoms with Crippen LogP contribution in [-0.2, 0) is 0 Å². The van der Waals surface area contributed by atoms with Crippen molar-refractivity contribution in [3.63, 3.8) is 0 Å². The highest BCUT2D eigenvalue weighted by molar-refractivity contribution is 7.99. The second-order valence-electron chi connectivity index (χ2n) is 8.50. The molecule has 0 saturated carbocycles. The number of halogens is 1. The summed E-state index contributed by atoms with van der Waals surface area (Å²) in [6.07, 6.45) is 3.58. The van der Waals surface area contributed by atoms with E-state index >= 15 is 0 Å². The third-order valence-electron chi connectivity index (χ3n) is 6.25. The van der Waals surface area contributed by atoms with Gasteiger partial charge in [0.15, 0.2) is 28.3 Å². The molecule has 0 N–H and O–H groups in total. The van der Waals surface area contributed by atoms with Crippen molar-refractivity contribution in [1.29, 1.82) is 0 Å². The predicted octanol–water partition coefficient (Wildman–Crippen LogP) is 4.70. The molecule has 0 unspecified atom stereocenters. The first-order chi connectivity index (χ1) is 16.6. The van der Waals surface area contributed by atoms with E-state index in [1.54, 1.807) is 30.3 Å². The van der Waals surface area contributed by atoms with E-state index in [9.17, 15) is 9.18 Å². The molecule has 0 spiro atoms. The number of carbonyl (C=O) groups is 1. The van der Waals surface area contributed by atoms with E-state index in [1.807, 2.05) is 4.57 Å². The van der Waals surface area contributed by atoms with Crippen molar-refractivity contribution in [2.24, 2.45) is 0 Å². The lowest BCUT2D eigenvalue weighted by molar-refractivity contribution is 0.102. The van der Waals surface area contributed by atoms with E-state index in [0.717, 1.165) is 24.6 Å². The topological polar surface area (TPSA) is 69.5 Å². The van der Waals surface area contributed by atoms with Crippen molar-refractivity contribution in [1.82, 2.24) is 19.7 Å². The van der Waals surface area contributed by atoms with Gasteiger partial charge in [0.2, 0.25) is 0 Å². The van der Waals surface area contributed by atoms with Crippen LogP contribution in [0.25, 0.3) is 5.69 Å². The molecule has 2 aliphatic heterocycles. The predicted molar refractivity (Wildman–Crippen MR) is 128 cm³/mol. The Labute approximate surface area is 202 Å². The van der Waals surface area contributed by atoms with Crippen molar-refractivity contribution in [2.75, 3.05) is 32.1 Å². The van der Waals surface area contributed by atoms with Crippen LogP contribution in [0, 0.1) is 5.82 Å². The molecule has 0 bridgehead atoms. The highest BCUT2D eigenvalue weighted by atomic mass is 32.2. The number of carbonyl (C=O) groups excluding carboxylic acids is 1. The van der Waals surface area contributed by atoms with Gasteiger partial charge in [-0.05, 0) is 75.3 Å². The Hall–Kier alpha value is -2.91. The van der Waals surface area contributed by atoms with Crippen LogP contribution in [-0.4, -0.2) is 57.5 Å². The molecule has 9 heteroatoms. The maximum Gasteiger partial charge on any atom is 0.196 e. The van der Waals surface area contributed by atoms with Crippen LogP contribution in [0.2, 0.25) is 0 Å². The lowest BCUT2D eigenvalue weighted by atomic mass is 10.1. The van der Waals surface area contributed by atoms with E-state index in [1.165, 1.54) is 43.2 Å². The number of nitrogens with zero attached hydrogens (tertiary/aromatic N) is 4. The fourth-order valence-electron chi connectivity index (χ4n) is 4.38. The number of fused-ring (bicyclic) bond motifs is 1. The van der Waals surface area contributed by atoms with E-state index in [-0.39, 0.29) is 23.4 Å². The van der Waals surface area contributed by atoms with Gasteiger partial charge in [-0.3, -0.25) is 14.3 Å². The average molecular weight is 483 g/mol. The number of likely N-dealkylation sites (tertiary alicyclic amines) is 1. The highest BCUT2D eigenvalue weighted by Gasteiger charge is 2.26. The van der Waals surface area contributed by atoms with Gasteiger partial charge in [-0.1, -0.05) is 18.2 Å². The van der Waals surface area contributed by atoms with E-state index in [2.05, 4.69) is 22.0 Å². The monoisotopic (exact) mass is 482 g/mol. The Morgan fingerprint density at radius 3 is 2.53 bits per heavy atom. The summed E-state index contributed by atoms with van der Waals surface area (Å²) in [5, 5.41) is 9.54. The number of Topliss-reactive ketones (excluding diaryl/α,β-unsaturated/α-hetero) is 1. The lowest BCUT2D eigenvalue weighted by Gasteiger charge is -2.31. The van der Waals surface area contributed by atoms with Crippen LogP contribution in [0.3, 0.4) is 0 Å². The quantitative estimate of drug-likeness (QED) is 0.357. The first-order valence-electron chi connectivity index (χ1n) is 11.6.